The molecule has 1 aliphatic rings. The smallest absolute Gasteiger partial charge is 0.226 e. The van der Waals surface area contributed by atoms with Gasteiger partial charge in [0.1, 0.15) is 5.82 Å². The van der Waals surface area contributed by atoms with Gasteiger partial charge in [-0.1, -0.05) is 19.3 Å². The van der Waals surface area contributed by atoms with Crippen molar-refractivity contribution < 1.29 is 5.11 Å². The van der Waals surface area contributed by atoms with Crippen molar-refractivity contribution in [2.45, 2.75) is 37.7 Å². The fourth-order valence-corrected chi connectivity index (χ4v) is 2.75. The zero-order chi connectivity index (χ0) is 13.3. The topological polar surface area (TPSA) is 86.7 Å². The minimum absolute atomic E-state index is 0.162. The molecule has 1 saturated carbocycles. The van der Waals surface area contributed by atoms with Crippen molar-refractivity contribution in [3.05, 3.63) is 11.5 Å². The maximum absolute atomic E-state index is 10.5. The zero-order valence-electron chi connectivity index (χ0n) is 10.5. The first-order valence-electron chi connectivity index (χ1n) is 6.49. The average molecular weight is 282 g/mol. The summed E-state index contributed by atoms with van der Waals surface area (Å²) in [5.74, 6) is 0.614. The predicted octanol–water partition coefficient (Wildman–Crippen LogP) is 2.11. The number of hydrogen-bond donors (Lipinski definition) is 3. The van der Waals surface area contributed by atoms with E-state index in [1.54, 1.807) is 6.20 Å². The molecule has 0 amide bonds. The molecule has 0 aliphatic heterocycles. The van der Waals surface area contributed by atoms with E-state index in [-0.39, 0.29) is 5.28 Å². The van der Waals surface area contributed by atoms with E-state index in [4.69, 9.17) is 11.6 Å². The third-order valence-corrected chi connectivity index (χ3v) is 3.82. The Hall–Kier alpha value is -1.40. The molecule has 0 aromatic carbocycles. The molecule has 3 N–H and O–H groups in total. The number of aromatic nitrogens is 4. The molecule has 6 nitrogen and oxygen atoms in total. The number of hydrogen-bond acceptors (Lipinski definition) is 5. The number of fused-ring (bicyclic) bond motifs is 1. The van der Waals surface area contributed by atoms with Crippen LogP contribution < -0.4 is 5.32 Å². The van der Waals surface area contributed by atoms with Gasteiger partial charge in [0.25, 0.3) is 0 Å². The quantitative estimate of drug-likeness (QED) is 0.750. The molecule has 0 radical (unpaired) electrons. The SMILES string of the molecule is OC1(CNc2nc(Cl)nc3[nH]ncc23)CCCCC1. The Kier molecular flexibility index (Phi) is 3.28. The Morgan fingerprint density at radius 2 is 2.11 bits per heavy atom. The van der Waals surface area contributed by atoms with Crippen LogP contribution in [0, 0.1) is 0 Å². The first-order chi connectivity index (χ1) is 9.16. The number of rotatable bonds is 3. The second kappa shape index (κ2) is 4.94. The lowest BCUT2D eigenvalue weighted by molar-refractivity contribution is 0.0167. The van der Waals surface area contributed by atoms with Crippen LogP contribution >= 0.6 is 11.6 Å². The van der Waals surface area contributed by atoms with Crippen molar-refractivity contribution in [3.8, 4) is 0 Å². The van der Waals surface area contributed by atoms with Crippen LogP contribution in [0.3, 0.4) is 0 Å². The second-order valence-corrected chi connectivity index (χ2v) is 5.45. The van der Waals surface area contributed by atoms with Crippen molar-refractivity contribution in [1.82, 2.24) is 20.2 Å². The molecule has 1 fully saturated rings. The average Bonchev–Trinajstić information content (AvgIpc) is 2.85. The summed E-state index contributed by atoms with van der Waals surface area (Å²) in [5.41, 5.74) is -0.0516. The Morgan fingerprint density at radius 3 is 2.89 bits per heavy atom. The summed E-state index contributed by atoms with van der Waals surface area (Å²) in [6.07, 6.45) is 6.65. The summed E-state index contributed by atoms with van der Waals surface area (Å²) < 4.78 is 0. The van der Waals surface area contributed by atoms with E-state index in [0.29, 0.717) is 18.0 Å². The zero-order valence-corrected chi connectivity index (χ0v) is 11.2. The van der Waals surface area contributed by atoms with Crippen LogP contribution in [0.4, 0.5) is 5.82 Å². The molecule has 2 heterocycles. The van der Waals surface area contributed by atoms with Crippen molar-refractivity contribution in [3.63, 3.8) is 0 Å². The Bertz CT molecular complexity index is 579. The van der Waals surface area contributed by atoms with Gasteiger partial charge in [-0.2, -0.15) is 15.1 Å². The van der Waals surface area contributed by atoms with E-state index in [1.807, 2.05) is 0 Å². The fourth-order valence-electron chi connectivity index (χ4n) is 2.58. The normalized spacial score (nSPS) is 18.6. The van der Waals surface area contributed by atoms with E-state index in [1.165, 1.54) is 6.42 Å². The molecule has 0 saturated heterocycles. The fraction of sp³-hybridized carbons (Fsp3) is 0.583. The summed E-state index contributed by atoms with van der Waals surface area (Å²) >= 11 is 5.86. The van der Waals surface area contributed by atoms with Gasteiger partial charge >= 0.3 is 0 Å². The van der Waals surface area contributed by atoms with Crippen LogP contribution in [0.5, 0.6) is 0 Å². The van der Waals surface area contributed by atoms with Gasteiger partial charge in [-0.05, 0) is 24.4 Å². The molecule has 0 spiro atoms. The molecule has 2 aromatic heterocycles. The number of halogens is 1. The summed E-state index contributed by atoms with van der Waals surface area (Å²) in [6, 6.07) is 0. The lowest BCUT2D eigenvalue weighted by atomic mass is 9.85. The molecule has 102 valence electrons. The molecule has 7 heteroatoms. The van der Waals surface area contributed by atoms with Gasteiger partial charge in [0.2, 0.25) is 5.28 Å². The maximum Gasteiger partial charge on any atom is 0.226 e. The van der Waals surface area contributed by atoms with E-state index >= 15 is 0 Å². The summed E-state index contributed by atoms with van der Waals surface area (Å²) in [5, 5.41) is 21.3. The highest BCUT2D eigenvalue weighted by atomic mass is 35.5. The maximum atomic E-state index is 10.5. The summed E-state index contributed by atoms with van der Waals surface area (Å²) in [4.78, 5) is 8.20. The molecule has 2 aromatic rings. The van der Waals surface area contributed by atoms with Gasteiger partial charge in [0.15, 0.2) is 5.65 Å². The lowest BCUT2D eigenvalue weighted by Gasteiger charge is -2.32. The molecular formula is C12H16ClN5O. The number of nitrogens with zero attached hydrogens (tertiary/aromatic N) is 3. The van der Waals surface area contributed by atoms with E-state index in [9.17, 15) is 5.11 Å². The Balaban J connectivity index is 1.79. The third-order valence-electron chi connectivity index (χ3n) is 3.65. The lowest BCUT2D eigenvalue weighted by Crippen LogP contribution is -2.39. The van der Waals surface area contributed by atoms with Gasteiger partial charge in [-0.15, -0.1) is 0 Å². The Morgan fingerprint density at radius 1 is 1.32 bits per heavy atom. The van der Waals surface area contributed by atoms with Crippen molar-refractivity contribution in [1.29, 1.82) is 0 Å². The van der Waals surface area contributed by atoms with Crippen LogP contribution in [0.25, 0.3) is 11.0 Å². The van der Waals surface area contributed by atoms with Crippen molar-refractivity contribution in [2.24, 2.45) is 0 Å². The first-order valence-corrected chi connectivity index (χ1v) is 6.87. The van der Waals surface area contributed by atoms with Gasteiger partial charge in [0.05, 0.1) is 17.2 Å². The number of nitrogens with one attached hydrogen (secondary N) is 2. The first kappa shape index (κ1) is 12.6. The van der Waals surface area contributed by atoms with E-state index in [0.717, 1.165) is 31.1 Å². The van der Waals surface area contributed by atoms with Crippen molar-refractivity contribution >= 4 is 28.5 Å². The van der Waals surface area contributed by atoms with Crippen LogP contribution in [0.2, 0.25) is 5.28 Å². The highest BCUT2D eigenvalue weighted by Crippen LogP contribution is 2.29. The second-order valence-electron chi connectivity index (χ2n) is 5.11. The highest BCUT2D eigenvalue weighted by Gasteiger charge is 2.29. The largest absolute Gasteiger partial charge is 0.388 e. The minimum Gasteiger partial charge on any atom is -0.388 e. The van der Waals surface area contributed by atoms with Gasteiger partial charge in [0, 0.05) is 6.54 Å². The number of aromatic amines is 1. The van der Waals surface area contributed by atoms with Gasteiger partial charge in [-0.3, -0.25) is 5.10 Å². The number of anilines is 1. The molecule has 0 bridgehead atoms. The standard InChI is InChI=1S/C12H16ClN5O/c13-11-16-9(8-6-15-18-10(8)17-11)14-7-12(19)4-2-1-3-5-12/h6,19H,1-5,7H2,(H2,14,15,16,17,18). The van der Waals surface area contributed by atoms with Gasteiger partial charge < -0.3 is 10.4 Å². The van der Waals surface area contributed by atoms with Crippen LogP contribution in [-0.4, -0.2) is 37.4 Å². The van der Waals surface area contributed by atoms with Crippen LogP contribution in [0.15, 0.2) is 6.20 Å². The van der Waals surface area contributed by atoms with E-state index in [2.05, 4.69) is 25.5 Å². The molecule has 0 atom stereocenters. The Labute approximate surface area is 115 Å². The predicted molar refractivity (Wildman–Crippen MR) is 73.2 cm³/mol. The highest BCUT2D eigenvalue weighted by molar-refractivity contribution is 6.28. The van der Waals surface area contributed by atoms with E-state index < -0.39 is 5.60 Å². The summed E-state index contributed by atoms with van der Waals surface area (Å²) in [6.45, 7) is 0.473. The monoisotopic (exact) mass is 281 g/mol. The molecule has 3 rings (SSSR count). The van der Waals surface area contributed by atoms with Gasteiger partial charge in [-0.25, -0.2) is 0 Å². The summed E-state index contributed by atoms with van der Waals surface area (Å²) in [7, 11) is 0. The third kappa shape index (κ3) is 2.64. The molecule has 0 unspecified atom stereocenters. The molecule has 1 aliphatic carbocycles. The van der Waals surface area contributed by atoms with Crippen LogP contribution in [0.1, 0.15) is 32.1 Å². The van der Waals surface area contributed by atoms with Crippen molar-refractivity contribution in [2.75, 3.05) is 11.9 Å². The number of H-pyrrole nitrogens is 1. The molecular weight excluding hydrogens is 266 g/mol. The molecule has 19 heavy (non-hydrogen) atoms. The minimum atomic E-state index is -0.647. The number of aliphatic hydroxyl groups is 1. The van der Waals surface area contributed by atoms with Crippen LogP contribution in [-0.2, 0) is 0 Å².